The topological polar surface area (TPSA) is 53.4 Å². The van der Waals surface area contributed by atoms with Crippen LogP contribution in [0.2, 0.25) is 0 Å². The maximum atomic E-state index is 11.7. The van der Waals surface area contributed by atoms with Crippen LogP contribution < -0.4 is 0 Å². The summed E-state index contributed by atoms with van der Waals surface area (Å²) in [6.45, 7) is 2.84. The molecule has 0 saturated heterocycles. The summed E-state index contributed by atoms with van der Waals surface area (Å²) in [4.78, 5) is 20.1. The fraction of sp³-hybridized carbons (Fsp3) is 0.385. The quantitative estimate of drug-likeness (QED) is 0.945. The van der Waals surface area contributed by atoms with Crippen LogP contribution in [-0.2, 0) is 11.2 Å². The summed E-state index contributed by atoms with van der Waals surface area (Å²) < 4.78 is 0. The molecule has 6 heteroatoms. The van der Waals surface area contributed by atoms with Crippen LogP contribution in [-0.4, -0.2) is 27.5 Å². The predicted octanol–water partition coefficient (Wildman–Crippen LogP) is 2.95. The Hall–Kier alpha value is -1.24. The molecule has 0 saturated carbocycles. The lowest BCUT2D eigenvalue weighted by atomic mass is 9.98. The van der Waals surface area contributed by atoms with Gasteiger partial charge in [-0.3, -0.25) is 14.7 Å². The largest absolute Gasteiger partial charge is 0.480 e. The molecule has 3 rings (SSSR count). The zero-order valence-corrected chi connectivity index (χ0v) is 12.1. The van der Waals surface area contributed by atoms with Crippen molar-refractivity contribution in [2.45, 2.75) is 25.4 Å². The highest BCUT2D eigenvalue weighted by molar-refractivity contribution is 7.10. The van der Waals surface area contributed by atoms with E-state index >= 15 is 0 Å². The zero-order valence-electron chi connectivity index (χ0n) is 10.4. The van der Waals surface area contributed by atoms with Crippen LogP contribution in [0.1, 0.15) is 34.3 Å². The second-order valence-electron chi connectivity index (χ2n) is 4.61. The van der Waals surface area contributed by atoms with Crippen LogP contribution in [0.3, 0.4) is 0 Å². The molecule has 0 spiro atoms. The fourth-order valence-corrected chi connectivity index (χ4v) is 4.22. The van der Waals surface area contributed by atoms with Crippen molar-refractivity contribution in [2.24, 2.45) is 0 Å². The second kappa shape index (κ2) is 5.03. The Morgan fingerprint density at radius 2 is 2.42 bits per heavy atom. The monoisotopic (exact) mass is 294 g/mol. The van der Waals surface area contributed by atoms with E-state index in [0.717, 1.165) is 23.4 Å². The smallest absolute Gasteiger partial charge is 0.325 e. The Kier molecular flexibility index (Phi) is 3.38. The van der Waals surface area contributed by atoms with E-state index in [2.05, 4.69) is 16.8 Å². The van der Waals surface area contributed by atoms with Crippen LogP contribution in [0.25, 0.3) is 0 Å². The minimum absolute atomic E-state index is 0.0849. The number of aliphatic carboxylic acids is 1. The average molecular weight is 294 g/mol. The van der Waals surface area contributed by atoms with E-state index in [1.807, 2.05) is 17.6 Å². The van der Waals surface area contributed by atoms with E-state index < -0.39 is 12.0 Å². The Labute approximate surface area is 119 Å². The molecule has 1 N–H and O–H groups in total. The van der Waals surface area contributed by atoms with Gasteiger partial charge in [0.05, 0.1) is 5.51 Å². The van der Waals surface area contributed by atoms with E-state index in [-0.39, 0.29) is 6.04 Å². The van der Waals surface area contributed by atoms with E-state index in [1.165, 1.54) is 4.88 Å². The molecule has 0 fully saturated rings. The first-order valence-corrected chi connectivity index (χ1v) is 7.87. The molecule has 3 heterocycles. The number of hydrogen-bond acceptors (Lipinski definition) is 5. The maximum Gasteiger partial charge on any atom is 0.325 e. The van der Waals surface area contributed by atoms with E-state index in [4.69, 9.17) is 0 Å². The highest BCUT2D eigenvalue weighted by atomic mass is 32.1. The fourth-order valence-electron chi connectivity index (χ4n) is 2.62. The Morgan fingerprint density at radius 1 is 1.58 bits per heavy atom. The summed E-state index contributed by atoms with van der Waals surface area (Å²) in [6, 6.07) is 1.50. The van der Waals surface area contributed by atoms with Gasteiger partial charge in [-0.05, 0) is 30.4 Å². The average Bonchev–Trinajstić information content (AvgIpc) is 3.06. The summed E-state index contributed by atoms with van der Waals surface area (Å²) in [5.41, 5.74) is 2.75. The lowest BCUT2D eigenvalue weighted by Gasteiger charge is -2.37. The minimum Gasteiger partial charge on any atom is -0.480 e. The van der Waals surface area contributed by atoms with Gasteiger partial charge >= 0.3 is 5.97 Å². The van der Waals surface area contributed by atoms with Gasteiger partial charge in [-0.1, -0.05) is 0 Å². The lowest BCUT2D eigenvalue weighted by molar-refractivity contribution is -0.145. The standard InChI is InChI=1S/C13H14N2O2S2/c1-8(11-6-14-7-19-11)15-4-2-10-9(3-5-18-10)12(15)13(16)17/h3,5-8,12H,2,4H2,1H3,(H,16,17). The van der Waals surface area contributed by atoms with Gasteiger partial charge in [-0.15, -0.1) is 22.7 Å². The molecule has 2 unspecified atom stereocenters. The van der Waals surface area contributed by atoms with Gasteiger partial charge in [0.25, 0.3) is 0 Å². The lowest BCUT2D eigenvalue weighted by Crippen LogP contribution is -2.40. The number of carboxylic acid groups (broad SMARTS) is 1. The summed E-state index contributed by atoms with van der Waals surface area (Å²) in [5, 5.41) is 11.6. The van der Waals surface area contributed by atoms with Gasteiger partial charge in [0.15, 0.2) is 0 Å². The van der Waals surface area contributed by atoms with Crippen LogP contribution in [0.5, 0.6) is 0 Å². The summed E-state index contributed by atoms with van der Waals surface area (Å²) in [6.07, 6.45) is 2.76. The molecule has 0 aromatic carbocycles. The number of carbonyl (C=O) groups is 1. The van der Waals surface area contributed by atoms with Crippen molar-refractivity contribution in [2.75, 3.05) is 6.54 Å². The number of thiophene rings is 1. The van der Waals surface area contributed by atoms with Crippen LogP contribution in [0.15, 0.2) is 23.2 Å². The number of hydrogen-bond donors (Lipinski definition) is 1. The molecule has 100 valence electrons. The van der Waals surface area contributed by atoms with Crippen molar-refractivity contribution in [3.05, 3.63) is 38.5 Å². The van der Waals surface area contributed by atoms with Crippen molar-refractivity contribution in [1.82, 2.24) is 9.88 Å². The molecular weight excluding hydrogens is 280 g/mol. The molecule has 2 aromatic heterocycles. The molecule has 2 atom stereocenters. The third-order valence-electron chi connectivity index (χ3n) is 3.60. The van der Waals surface area contributed by atoms with Crippen molar-refractivity contribution in [3.8, 4) is 0 Å². The first kappa shape index (κ1) is 12.8. The molecule has 0 bridgehead atoms. The number of fused-ring (bicyclic) bond motifs is 1. The van der Waals surface area contributed by atoms with Crippen LogP contribution >= 0.6 is 22.7 Å². The van der Waals surface area contributed by atoms with Crippen molar-refractivity contribution >= 4 is 28.6 Å². The van der Waals surface area contributed by atoms with Crippen LogP contribution in [0.4, 0.5) is 0 Å². The SMILES string of the molecule is CC(c1cncs1)N1CCc2sccc2C1C(=O)O. The minimum atomic E-state index is -0.768. The Bertz CT molecular complexity index is 579. The van der Waals surface area contributed by atoms with Gasteiger partial charge in [0, 0.05) is 28.5 Å². The molecule has 1 aliphatic rings. The molecule has 0 radical (unpaired) electrons. The Balaban J connectivity index is 1.96. The third-order valence-corrected chi connectivity index (χ3v) is 5.54. The summed E-state index contributed by atoms with van der Waals surface area (Å²) >= 11 is 3.24. The van der Waals surface area contributed by atoms with Crippen LogP contribution in [0, 0.1) is 0 Å². The normalized spacial score (nSPS) is 21.0. The molecule has 0 aliphatic carbocycles. The molecule has 19 heavy (non-hydrogen) atoms. The zero-order chi connectivity index (χ0) is 13.4. The highest BCUT2D eigenvalue weighted by Crippen LogP contribution is 2.38. The van der Waals surface area contributed by atoms with Crippen molar-refractivity contribution in [3.63, 3.8) is 0 Å². The van der Waals surface area contributed by atoms with E-state index in [1.54, 1.807) is 28.2 Å². The van der Waals surface area contributed by atoms with Gasteiger partial charge in [-0.25, -0.2) is 0 Å². The number of carboxylic acids is 1. The first-order valence-electron chi connectivity index (χ1n) is 6.11. The second-order valence-corrected chi connectivity index (χ2v) is 6.53. The Morgan fingerprint density at radius 3 is 3.11 bits per heavy atom. The number of rotatable bonds is 3. The van der Waals surface area contributed by atoms with E-state index in [9.17, 15) is 9.90 Å². The molecule has 0 amide bonds. The number of nitrogens with zero attached hydrogens (tertiary/aromatic N) is 2. The van der Waals surface area contributed by atoms with Crippen molar-refractivity contribution in [1.29, 1.82) is 0 Å². The van der Waals surface area contributed by atoms with E-state index in [0.29, 0.717) is 0 Å². The summed E-state index contributed by atoms with van der Waals surface area (Å²) in [7, 11) is 0. The van der Waals surface area contributed by atoms with Gasteiger partial charge < -0.3 is 5.11 Å². The molecule has 4 nitrogen and oxygen atoms in total. The van der Waals surface area contributed by atoms with Crippen molar-refractivity contribution < 1.29 is 9.90 Å². The first-order chi connectivity index (χ1) is 9.18. The van der Waals surface area contributed by atoms with Gasteiger partial charge in [0.1, 0.15) is 6.04 Å². The highest BCUT2D eigenvalue weighted by Gasteiger charge is 2.36. The maximum absolute atomic E-state index is 11.7. The molecule has 2 aromatic rings. The third kappa shape index (κ3) is 2.20. The number of aromatic nitrogens is 1. The number of thiazole rings is 1. The molecule has 1 aliphatic heterocycles. The summed E-state index contributed by atoms with van der Waals surface area (Å²) in [5.74, 6) is -0.768. The molecular formula is C13H14N2O2S2. The van der Waals surface area contributed by atoms with Gasteiger partial charge in [0.2, 0.25) is 0 Å². The van der Waals surface area contributed by atoms with Gasteiger partial charge in [-0.2, -0.15) is 0 Å². The predicted molar refractivity (Wildman–Crippen MR) is 75.6 cm³/mol.